The lowest BCUT2D eigenvalue weighted by Gasteiger charge is -2.25. The van der Waals surface area contributed by atoms with Crippen molar-refractivity contribution in [2.24, 2.45) is 5.92 Å². The molecule has 0 aliphatic carbocycles. The third-order valence-electron chi connectivity index (χ3n) is 4.45. The van der Waals surface area contributed by atoms with Crippen LogP contribution in [-0.2, 0) is 19.4 Å². The van der Waals surface area contributed by atoms with E-state index in [-0.39, 0.29) is 5.91 Å². The number of pyridine rings is 1. The quantitative estimate of drug-likeness (QED) is 0.836. The topological polar surface area (TPSA) is 62.5 Å². The zero-order valence-corrected chi connectivity index (χ0v) is 15.5. The first kappa shape index (κ1) is 17.5. The van der Waals surface area contributed by atoms with E-state index in [1.807, 2.05) is 36.0 Å². The molecule has 3 rings (SSSR count). The van der Waals surface area contributed by atoms with Crippen molar-refractivity contribution in [1.82, 2.24) is 14.9 Å². The van der Waals surface area contributed by atoms with Crippen LogP contribution < -0.4 is 4.90 Å². The summed E-state index contributed by atoms with van der Waals surface area (Å²) in [4.78, 5) is 25.4. The lowest BCUT2D eigenvalue weighted by atomic mass is 10.1. The fraction of sp³-hybridized carbons (Fsp3) is 0.526. The van der Waals surface area contributed by atoms with Gasteiger partial charge in [0.25, 0.3) is 5.91 Å². The number of carbonyl (C=O) groups excluding carboxylic acids is 1. The molecule has 0 aromatic carbocycles. The van der Waals surface area contributed by atoms with Crippen molar-refractivity contribution in [1.29, 1.82) is 0 Å². The van der Waals surface area contributed by atoms with Gasteiger partial charge >= 0.3 is 0 Å². The van der Waals surface area contributed by atoms with Crippen LogP contribution in [0.2, 0.25) is 0 Å². The lowest BCUT2D eigenvalue weighted by molar-refractivity contribution is 0.0727. The molecule has 0 bridgehead atoms. The van der Waals surface area contributed by atoms with Crippen molar-refractivity contribution < 1.29 is 9.21 Å². The van der Waals surface area contributed by atoms with Crippen LogP contribution in [0.4, 0.5) is 5.82 Å². The van der Waals surface area contributed by atoms with Gasteiger partial charge in [0.1, 0.15) is 17.3 Å². The van der Waals surface area contributed by atoms with E-state index in [1.165, 1.54) is 0 Å². The molecule has 25 heavy (non-hydrogen) atoms. The molecule has 134 valence electrons. The number of rotatable bonds is 5. The highest BCUT2D eigenvalue weighted by atomic mass is 16.4. The zero-order valence-electron chi connectivity index (χ0n) is 15.5. The maximum atomic E-state index is 12.7. The summed E-state index contributed by atoms with van der Waals surface area (Å²) in [6, 6.07) is 3.69. The van der Waals surface area contributed by atoms with Crippen LogP contribution in [-0.4, -0.2) is 41.4 Å². The Morgan fingerprint density at radius 2 is 2.16 bits per heavy atom. The Morgan fingerprint density at radius 1 is 1.36 bits per heavy atom. The summed E-state index contributed by atoms with van der Waals surface area (Å²) in [7, 11) is 3.86. The molecule has 3 heterocycles. The number of hydrogen-bond acceptors (Lipinski definition) is 5. The Bertz CT molecular complexity index is 734. The van der Waals surface area contributed by atoms with E-state index in [2.05, 4.69) is 23.8 Å². The van der Waals surface area contributed by atoms with E-state index in [0.717, 1.165) is 42.4 Å². The molecule has 1 amide bonds. The zero-order chi connectivity index (χ0) is 18.0. The number of aryl methyl sites for hydroxylation is 1. The van der Waals surface area contributed by atoms with E-state index in [9.17, 15) is 4.79 Å². The highest BCUT2D eigenvalue weighted by molar-refractivity contribution is 5.94. The third kappa shape index (κ3) is 4.00. The summed E-state index contributed by atoms with van der Waals surface area (Å²) in [5.41, 5.74) is 1.51. The number of nitrogens with zero attached hydrogens (tertiary/aromatic N) is 4. The molecule has 0 unspecified atom stereocenters. The van der Waals surface area contributed by atoms with Crippen LogP contribution in [0.3, 0.4) is 0 Å². The van der Waals surface area contributed by atoms with Crippen molar-refractivity contribution in [2.75, 3.05) is 25.5 Å². The molecule has 1 aliphatic rings. The summed E-state index contributed by atoms with van der Waals surface area (Å²) in [6.45, 7) is 5.55. The number of oxazole rings is 1. The Balaban J connectivity index is 1.68. The number of anilines is 1. The first-order valence-electron chi connectivity index (χ1n) is 8.84. The molecule has 2 aromatic rings. The monoisotopic (exact) mass is 342 g/mol. The Morgan fingerprint density at radius 3 is 2.80 bits per heavy atom. The average Bonchev–Trinajstić information content (AvgIpc) is 3.01. The van der Waals surface area contributed by atoms with Gasteiger partial charge in [-0.25, -0.2) is 9.97 Å². The standard InChI is InChI=1S/C19H26N4O2/c1-13(2)5-8-18-21-15-12-23(10-9-16(15)25-18)19(24)14-6-7-17(20-11-14)22(3)4/h6-7,11,13H,5,8-10,12H2,1-4H3. The molecular weight excluding hydrogens is 316 g/mol. The Kier molecular flexibility index (Phi) is 5.06. The second kappa shape index (κ2) is 7.25. The summed E-state index contributed by atoms with van der Waals surface area (Å²) in [5, 5.41) is 0. The van der Waals surface area contributed by atoms with Crippen LogP contribution in [0.25, 0.3) is 0 Å². The molecular formula is C19H26N4O2. The number of hydrogen-bond donors (Lipinski definition) is 0. The van der Waals surface area contributed by atoms with Crippen molar-refractivity contribution in [3.05, 3.63) is 41.2 Å². The average molecular weight is 342 g/mol. The van der Waals surface area contributed by atoms with Gasteiger partial charge in [-0.2, -0.15) is 0 Å². The molecule has 2 aromatic heterocycles. The molecule has 0 saturated carbocycles. The fourth-order valence-electron chi connectivity index (χ4n) is 2.90. The maximum Gasteiger partial charge on any atom is 0.255 e. The molecule has 0 N–H and O–H groups in total. The van der Waals surface area contributed by atoms with E-state index in [1.54, 1.807) is 6.20 Å². The number of amides is 1. The molecule has 6 nitrogen and oxygen atoms in total. The van der Waals surface area contributed by atoms with Gasteiger partial charge in [-0.15, -0.1) is 0 Å². The minimum Gasteiger partial charge on any atom is -0.445 e. The molecule has 0 spiro atoms. The van der Waals surface area contributed by atoms with Crippen LogP contribution in [0.5, 0.6) is 0 Å². The van der Waals surface area contributed by atoms with Gasteiger partial charge < -0.3 is 14.2 Å². The molecule has 1 aliphatic heterocycles. The number of fused-ring (bicyclic) bond motifs is 1. The van der Waals surface area contributed by atoms with Gasteiger partial charge in [0, 0.05) is 39.7 Å². The highest BCUT2D eigenvalue weighted by Crippen LogP contribution is 2.22. The summed E-state index contributed by atoms with van der Waals surface area (Å²) in [6.07, 6.45) is 4.28. The minimum atomic E-state index is -0.00446. The predicted molar refractivity (Wildman–Crippen MR) is 96.7 cm³/mol. The summed E-state index contributed by atoms with van der Waals surface area (Å²) in [5.74, 6) is 3.19. The fourth-order valence-corrected chi connectivity index (χ4v) is 2.90. The second-order valence-electron chi connectivity index (χ2n) is 7.19. The van der Waals surface area contributed by atoms with Gasteiger partial charge in [0.15, 0.2) is 5.89 Å². The van der Waals surface area contributed by atoms with Gasteiger partial charge in [-0.05, 0) is 24.5 Å². The van der Waals surface area contributed by atoms with E-state index < -0.39 is 0 Å². The summed E-state index contributed by atoms with van der Waals surface area (Å²) >= 11 is 0. The second-order valence-corrected chi connectivity index (χ2v) is 7.19. The van der Waals surface area contributed by atoms with Crippen LogP contribution in [0, 0.1) is 5.92 Å². The van der Waals surface area contributed by atoms with Crippen LogP contribution in [0.1, 0.15) is 48.0 Å². The summed E-state index contributed by atoms with van der Waals surface area (Å²) < 4.78 is 5.87. The van der Waals surface area contributed by atoms with Crippen molar-refractivity contribution in [3.8, 4) is 0 Å². The van der Waals surface area contributed by atoms with E-state index in [0.29, 0.717) is 24.6 Å². The van der Waals surface area contributed by atoms with E-state index in [4.69, 9.17) is 4.42 Å². The Hall–Kier alpha value is -2.37. The van der Waals surface area contributed by atoms with Gasteiger partial charge in [-0.1, -0.05) is 13.8 Å². The molecule has 6 heteroatoms. The van der Waals surface area contributed by atoms with Gasteiger partial charge in [0.05, 0.1) is 12.1 Å². The SMILES string of the molecule is CC(C)CCc1nc2c(o1)CCN(C(=O)c1ccc(N(C)C)nc1)C2. The van der Waals surface area contributed by atoms with E-state index >= 15 is 0 Å². The van der Waals surface area contributed by atoms with Gasteiger partial charge in [-0.3, -0.25) is 4.79 Å². The molecule has 0 saturated heterocycles. The molecule has 0 fully saturated rings. The normalized spacial score (nSPS) is 13.9. The first-order valence-corrected chi connectivity index (χ1v) is 8.84. The van der Waals surface area contributed by atoms with Crippen molar-refractivity contribution >= 4 is 11.7 Å². The number of carbonyl (C=O) groups is 1. The van der Waals surface area contributed by atoms with Crippen LogP contribution in [0.15, 0.2) is 22.7 Å². The predicted octanol–water partition coefficient (Wildman–Crippen LogP) is 2.92. The van der Waals surface area contributed by atoms with Crippen molar-refractivity contribution in [3.63, 3.8) is 0 Å². The first-order chi connectivity index (χ1) is 11.9. The number of aromatic nitrogens is 2. The maximum absolute atomic E-state index is 12.7. The molecule has 0 atom stereocenters. The van der Waals surface area contributed by atoms with Crippen LogP contribution >= 0.6 is 0 Å². The highest BCUT2D eigenvalue weighted by Gasteiger charge is 2.26. The lowest BCUT2D eigenvalue weighted by Crippen LogP contribution is -2.35. The smallest absolute Gasteiger partial charge is 0.255 e. The Labute approximate surface area is 148 Å². The molecule has 0 radical (unpaired) electrons. The minimum absolute atomic E-state index is 0.00446. The third-order valence-corrected chi connectivity index (χ3v) is 4.45. The van der Waals surface area contributed by atoms with Gasteiger partial charge in [0.2, 0.25) is 0 Å². The van der Waals surface area contributed by atoms with Crippen molar-refractivity contribution in [2.45, 2.75) is 39.7 Å². The largest absolute Gasteiger partial charge is 0.445 e.